The summed E-state index contributed by atoms with van der Waals surface area (Å²) in [5.74, 6) is 0.736. The molecule has 0 unspecified atom stereocenters. The number of rotatable bonds is 4. The lowest BCUT2D eigenvalue weighted by atomic mass is 9.64. The van der Waals surface area contributed by atoms with Crippen molar-refractivity contribution in [2.75, 3.05) is 7.11 Å². The van der Waals surface area contributed by atoms with Crippen molar-refractivity contribution < 1.29 is 9.76 Å². The smallest absolute Gasteiger partial charge is 0.320 e. The van der Waals surface area contributed by atoms with Gasteiger partial charge in [-0.1, -0.05) is 43.2 Å². The van der Waals surface area contributed by atoms with Gasteiger partial charge < -0.3 is 9.76 Å². The summed E-state index contributed by atoms with van der Waals surface area (Å²) in [6.07, 6.45) is 5.87. The zero-order valence-corrected chi connectivity index (χ0v) is 13.2. The van der Waals surface area contributed by atoms with E-state index in [4.69, 9.17) is 4.74 Å². The largest absolute Gasteiger partial charge is 0.497 e. The molecular weight excluding hydrogens is 285 g/mol. The molecule has 0 spiro atoms. The summed E-state index contributed by atoms with van der Waals surface area (Å²) >= 11 is 0. The van der Waals surface area contributed by atoms with Crippen LogP contribution in [-0.4, -0.2) is 24.0 Å². The number of fused-ring (bicyclic) bond motifs is 1. The molecule has 23 heavy (non-hydrogen) atoms. The van der Waals surface area contributed by atoms with Crippen molar-refractivity contribution in [2.24, 2.45) is 0 Å². The molecule has 0 amide bonds. The zero-order valence-electron chi connectivity index (χ0n) is 13.2. The maximum Gasteiger partial charge on any atom is 0.320 e. The van der Waals surface area contributed by atoms with E-state index in [2.05, 4.69) is 17.1 Å². The van der Waals surface area contributed by atoms with Crippen LogP contribution in [0.15, 0.2) is 54.7 Å². The Labute approximate surface area is 136 Å². The first kappa shape index (κ1) is 15.3. The molecule has 0 aliphatic heterocycles. The number of para-hydroxylation sites is 1. The lowest BCUT2D eigenvalue weighted by molar-refractivity contribution is 0.415. The van der Waals surface area contributed by atoms with Gasteiger partial charge in [-0.2, -0.15) is 0 Å². The Bertz CT molecular complexity index is 859. The molecular formula is C19H18BNO2. The first-order valence-corrected chi connectivity index (χ1v) is 7.55. The van der Waals surface area contributed by atoms with Crippen LogP contribution < -0.4 is 10.2 Å². The van der Waals surface area contributed by atoms with Gasteiger partial charge in [0.25, 0.3) is 0 Å². The van der Waals surface area contributed by atoms with Crippen LogP contribution in [0, 0.1) is 0 Å². The van der Waals surface area contributed by atoms with E-state index in [1.54, 1.807) is 13.9 Å². The van der Waals surface area contributed by atoms with Crippen LogP contribution in [0.2, 0.25) is 6.82 Å². The molecule has 0 bridgehead atoms. The van der Waals surface area contributed by atoms with Crippen molar-refractivity contribution in [3.8, 4) is 5.75 Å². The molecule has 0 saturated carbocycles. The maximum atomic E-state index is 9.78. The molecule has 114 valence electrons. The van der Waals surface area contributed by atoms with E-state index in [0.717, 1.165) is 33.2 Å². The molecule has 3 rings (SSSR count). The fraction of sp³-hybridized carbons (Fsp3) is 0.105. The van der Waals surface area contributed by atoms with Gasteiger partial charge >= 0.3 is 6.92 Å². The molecule has 3 aromatic rings. The summed E-state index contributed by atoms with van der Waals surface area (Å²) < 4.78 is 5.30. The highest BCUT2D eigenvalue weighted by Crippen LogP contribution is 2.17. The average molecular weight is 303 g/mol. The fourth-order valence-corrected chi connectivity index (χ4v) is 2.47. The van der Waals surface area contributed by atoms with E-state index in [9.17, 15) is 5.02 Å². The summed E-state index contributed by atoms with van der Waals surface area (Å²) in [5, 5.41) is 10.9. The van der Waals surface area contributed by atoms with Crippen LogP contribution >= 0.6 is 0 Å². The van der Waals surface area contributed by atoms with E-state index in [1.165, 1.54) is 0 Å². The molecule has 0 saturated heterocycles. The number of aromatic nitrogens is 1. The maximum absolute atomic E-state index is 9.78. The average Bonchev–Trinajstić information content (AvgIpc) is 2.59. The topological polar surface area (TPSA) is 42.4 Å². The van der Waals surface area contributed by atoms with E-state index >= 15 is 0 Å². The van der Waals surface area contributed by atoms with E-state index in [1.807, 2.05) is 54.7 Å². The monoisotopic (exact) mass is 303 g/mol. The quantitative estimate of drug-likeness (QED) is 0.752. The number of methoxy groups -OCH3 is 1. The predicted molar refractivity (Wildman–Crippen MR) is 97.1 cm³/mol. The van der Waals surface area contributed by atoms with Crippen LogP contribution in [0.4, 0.5) is 0 Å². The predicted octanol–water partition coefficient (Wildman–Crippen LogP) is 3.23. The molecule has 0 fully saturated rings. The van der Waals surface area contributed by atoms with Crippen LogP contribution in [0.25, 0.3) is 23.1 Å². The number of ether oxygens (including phenoxy) is 1. The van der Waals surface area contributed by atoms with Gasteiger partial charge in [0.05, 0.1) is 12.6 Å². The standard InChI is InChI=1S/C19H18BNO2/c1-20(22)17-10-14(11-18(12-17)23-2)7-8-15-9-16-5-3-4-6-19(16)21-13-15/h3-13,22H,1-2H3/b8-7+. The summed E-state index contributed by atoms with van der Waals surface area (Å²) in [5.41, 5.74) is 3.83. The van der Waals surface area contributed by atoms with Crippen molar-refractivity contribution in [3.05, 3.63) is 65.9 Å². The number of pyridine rings is 1. The Balaban J connectivity index is 1.93. The normalized spacial score (nSPS) is 11.1. The van der Waals surface area contributed by atoms with Gasteiger partial charge in [-0.25, -0.2) is 0 Å². The second kappa shape index (κ2) is 6.67. The molecule has 1 heterocycles. The van der Waals surface area contributed by atoms with Crippen LogP contribution in [-0.2, 0) is 0 Å². The highest BCUT2D eigenvalue weighted by atomic mass is 16.5. The lowest BCUT2D eigenvalue weighted by Gasteiger charge is -2.07. The van der Waals surface area contributed by atoms with Crippen molar-refractivity contribution in [1.82, 2.24) is 4.98 Å². The Morgan fingerprint density at radius 2 is 1.83 bits per heavy atom. The lowest BCUT2D eigenvalue weighted by Crippen LogP contribution is -2.26. The minimum atomic E-state index is -0.528. The Hall–Kier alpha value is -2.59. The zero-order chi connectivity index (χ0) is 16.2. The van der Waals surface area contributed by atoms with E-state index in [-0.39, 0.29) is 0 Å². The van der Waals surface area contributed by atoms with Gasteiger partial charge in [-0.15, -0.1) is 0 Å². The number of nitrogens with zero attached hydrogens (tertiary/aromatic N) is 1. The second-order valence-corrected chi connectivity index (χ2v) is 5.51. The van der Waals surface area contributed by atoms with Crippen molar-refractivity contribution in [2.45, 2.75) is 6.82 Å². The summed E-state index contributed by atoms with van der Waals surface area (Å²) in [6.45, 7) is 1.22. The molecule has 0 aliphatic carbocycles. The SMILES string of the molecule is COc1cc(/C=C/c2cnc3ccccc3c2)cc(B(C)O)c1. The van der Waals surface area contributed by atoms with Gasteiger partial charge in [0.2, 0.25) is 0 Å². The van der Waals surface area contributed by atoms with Crippen molar-refractivity contribution >= 4 is 35.4 Å². The minimum Gasteiger partial charge on any atom is -0.497 e. The van der Waals surface area contributed by atoms with Crippen LogP contribution in [0.3, 0.4) is 0 Å². The second-order valence-electron chi connectivity index (χ2n) is 5.51. The highest BCUT2D eigenvalue weighted by Gasteiger charge is 2.08. The third-order valence-electron chi connectivity index (χ3n) is 3.75. The van der Waals surface area contributed by atoms with Gasteiger partial charge in [-0.3, -0.25) is 4.98 Å². The van der Waals surface area contributed by atoms with Gasteiger partial charge in [-0.05, 0) is 40.9 Å². The Morgan fingerprint density at radius 3 is 2.61 bits per heavy atom. The van der Waals surface area contributed by atoms with Gasteiger partial charge in [0, 0.05) is 11.6 Å². The molecule has 0 atom stereocenters. The summed E-state index contributed by atoms with van der Waals surface area (Å²) in [7, 11) is 1.63. The molecule has 0 radical (unpaired) electrons. The van der Waals surface area contributed by atoms with E-state index < -0.39 is 6.92 Å². The van der Waals surface area contributed by atoms with Crippen LogP contribution in [0.1, 0.15) is 11.1 Å². The third kappa shape index (κ3) is 3.60. The third-order valence-corrected chi connectivity index (χ3v) is 3.75. The molecule has 4 heteroatoms. The van der Waals surface area contributed by atoms with Crippen molar-refractivity contribution in [3.63, 3.8) is 0 Å². The molecule has 3 nitrogen and oxygen atoms in total. The molecule has 1 aromatic heterocycles. The molecule has 0 aliphatic rings. The first-order chi connectivity index (χ1) is 11.2. The Kier molecular flexibility index (Phi) is 4.44. The number of benzene rings is 2. The molecule has 1 N–H and O–H groups in total. The number of hydrogen-bond donors (Lipinski definition) is 1. The van der Waals surface area contributed by atoms with E-state index in [0.29, 0.717) is 0 Å². The summed E-state index contributed by atoms with van der Waals surface area (Å²) in [6, 6.07) is 15.9. The van der Waals surface area contributed by atoms with Gasteiger partial charge in [0.15, 0.2) is 0 Å². The molecule has 2 aromatic carbocycles. The minimum absolute atomic E-state index is 0.528. The Morgan fingerprint density at radius 1 is 1.04 bits per heavy atom. The highest BCUT2D eigenvalue weighted by molar-refractivity contribution is 6.64. The first-order valence-electron chi connectivity index (χ1n) is 7.55. The van der Waals surface area contributed by atoms with Crippen molar-refractivity contribution in [1.29, 1.82) is 0 Å². The fourth-order valence-electron chi connectivity index (χ4n) is 2.47. The van der Waals surface area contributed by atoms with Crippen LogP contribution in [0.5, 0.6) is 5.75 Å². The number of hydrogen-bond acceptors (Lipinski definition) is 3. The summed E-state index contributed by atoms with van der Waals surface area (Å²) in [4.78, 5) is 4.46. The van der Waals surface area contributed by atoms with Gasteiger partial charge in [0.1, 0.15) is 5.75 Å².